The molecule has 116 valence electrons. The summed E-state index contributed by atoms with van der Waals surface area (Å²) in [7, 11) is -3.87. The molecule has 1 aromatic rings. The quantitative estimate of drug-likeness (QED) is 0.868. The molecule has 4 rings (SSSR count). The van der Waals surface area contributed by atoms with Crippen molar-refractivity contribution in [3.63, 3.8) is 0 Å². The Morgan fingerprint density at radius 1 is 1.48 bits per heavy atom. The number of imidazole rings is 1. The van der Waals surface area contributed by atoms with Crippen LogP contribution in [0.3, 0.4) is 0 Å². The van der Waals surface area contributed by atoms with E-state index in [4.69, 9.17) is 0 Å². The van der Waals surface area contributed by atoms with Crippen molar-refractivity contribution in [2.45, 2.75) is 50.1 Å². The van der Waals surface area contributed by atoms with Gasteiger partial charge in [0.05, 0.1) is 6.20 Å². The minimum absolute atomic E-state index is 0.0250. The molecular weight excluding hydrogens is 294 g/mol. The number of hydrogen-bond acceptors (Lipinski definition) is 4. The summed E-state index contributed by atoms with van der Waals surface area (Å²) >= 11 is 0. The Bertz CT molecular complexity index is 701. The van der Waals surface area contributed by atoms with Crippen molar-refractivity contribution >= 4 is 16.0 Å². The van der Waals surface area contributed by atoms with Crippen molar-refractivity contribution < 1.29 is 18.3 Å². The Balaban J connectivity index is 2.00. The number of aromatic amines is 1. The predicted octanol–water partition coefficient (Wildman–Crippen LogP) is 1.16. The molecule has 0 radical (unpaired) electrons. The highest BCUT2D eigenvalue weighted by Gasteiger charge is 2.70. The van der Waals surface area contributed by atoms with Crippen molar-refractivity contribution in [3.8, 4) is 0 Å². The van der Waals surface area contributed by atoms with E-state index in [0.717, 1.165) is 4.31 Å². The van der Waals surface area contributed by atoms with Crippen LogP contribution in [0, 0.1) is 5.41 Å². The van der Waals surface area contributed by atoms with Crippen molar-refractivity contribution in [2.75, 3.05) is 6.54 Å². The molecule has 2 bridgehead atoms. The number of carboxylic acid groups (broad SMARTS) is 1. The monoisotopic (exact) mass is 313 g/mol. The standard InChI is InChI=1S/C13H19N3O4S/c1-8(2)10-14-4-9(15-10)21(19,20)16-7-12(3)5-13(16,6-12)11(17)18/h4,8H,5-7H2,1-3H3,(H,14,15)(H,17,18). The normalized spacial score (nSPS) is 32.4. The summed E-state index contributed by atoms with van der Waals surface area (Å²) < 4.78 is 26.6. The molecule has 0 aromatic carbocycles. The number of carboxylic acids is 1. The van der Waals surface area contributed by atoms with Gasteiger partial charge in [0.25, 0.3) is 10.0 Å². The third-order valence-corrected chi connectivity index (χ3v) is 6.35. The first-order valence-electron chi connectivity index (χ1n) is 6.92. The zero-order valence-electron chi connectivity index (χ0n) is 12.3. The van der Waals surface area contributed by atoms with Gasteiger partial charge in [0.1, 0.15) is 11.4 Å². The highest BCUT2D eigenvalue weighted by molar-refractivity contribution is 7.89. The van der Waals surface area contributed by atoms with Crippen LogP contribution in [0.25, 0.3) is 0 Å². The van der Waals surface area contributed by atoms with E-state index in [-0.39, 0.29) is 22.9 Å². The van der Waals surface area contributed by atoms with Gasteiger partial charge in [-0.2, -0.15) is 4.31 Å². The maximum atomic E-state index is 12.8. The molecule has 8 heteroatoms. The molecule has 1 saturated carbocycles. The summed E-state index contributed by atoms with van der Waals surface area (Å²) in [6.45, 7) is 5.98. The summed E-state index contributed by atoms with van der Waals surface area (Å²) in [5.74, 6) is -0.410. The second kappa shape index (κ2) is 4.07. The van der Waals surface area contributed by atoms with Gasteiger partial charge in [-0.25, -0.2) is 13.4 Å². The molecule has 3 aliphatic rings. The fourth-order valence-corrected chi connectivity index (χ4v) is 5.39. The fourth-order valence-electron chi connectivity index (χ4n) is 3.58. The first-order valence-corrected chi connectivity index (χ1v) is 8.36. The number of aromatic nitrogens is 2. The van der Waals surface area contributed by atoms with Crippen molar-refractivity contribution in [1.82, 2.24) is 14.3 Å². The Morgan fingerprint density at radius 2 is 2.10 bits per heavy atom. The first-order chi connectivity index (χ1) is 9.61. The van der Waals surface area contributed by atoms with Crippen LogP contribution in [-0.2, 0) is 14.8 Å². The van der Waals surface area contributed by atoms with Crippen LogP contribution < -0.4 is 0 Å². The molecule has 2 aliphatic heterocycles. The second-order valence-corrected chi connectivity index (χ2v) is 8.63. The number of rotatable bonds is 4. The lowest BCUT2D eigenvalue weighted by Gasteiger charge is -2.42. The Labute approximate surface area is 123 Å². The highest BCUT2D eigenvalue weighted by Crippen LogP contribution is 2.60. The number of sulfonamides is 1. The number of hydrogen-bond donors (Lipinski definition) is 2. The fraction of sp³-hybridized carbons (Fsp3) is 0.692. The zero-order valence-corrected chi connectivity index (χ0v) is 13.1. The largest absolute Gasteiger partial charge is 0.480 e. The lowest BCUT2D eigenvalue weighted by Crippen LogP contribution is -2.56. The number of nitrogens with zero attached hydrogens (tertiary/aromatic N) is 2. The van der Waals surface area contributed by atoms with Gasteiger partial charge in [0, 0.05) is 12.5 Å². The van der Waals surface area contributed by atoms with Crippen LogP contribution >= 0.6 is 0 Å². The second-order valence-electron chi connectivity index (χ2n) is 6.80. The molecule has 1 aliphatic carbocycles. The van der Waals surface area contributed by atoms with E-state index in [0.29, 0.717) is 18.7 Å². The topological polar surface area (TPSA) is 103 Å². The van der Waals surface area contributed by atoms with Crippen molar-refractivity contribution in [1.29, 1.82) is 0 Å². The molecule has 2 N–H and O–H groups in total. The minimum Gasteiger partial charge on any atom is -0.480 e. The molecule has 0 spiro atoms. The minimum atomic E-state index is -3.87. The first kappa shape index (κ1) is 14.5. The summed E-state index contributed by atoms with van der Waals surface area (Å²) in [6.07, 6.45) is 2.03. The highest BCUT2D eigenvalue weighted by atomic mass is 32.2. The molecule has 0 atom stereocenters. The molecule has 0 amide bonds. The number of aliphatic carboxylic acids is 1. The van der Waals surface area contributed by atoms with Gasteiger partial charge < -0.3 is 10.1 Å². The van der Waals surface area contributed by atoms with Gasteiger partial charge in [-0.15, -0.1) is 0 Å². The lowest BCUT2D eigenvalue weighted by atomic mass is 9.63. The van der Waals surface area contributed by atoms with Crippen LogP contribution in [0.1, 0.15) is 45.4 Å². The number of fused-ring (bicyclic) bond motifs is 1. The average Bonchev–Trinajstić information content (AvgIpc) is 2.97. The van der Waals surface area contributed by atoms with Gasteiger partial charge >= 0.3 is 5.97 Å². The van der Waals surface area contributed by atoms with Gasteiger partial charge in [0.15, 0.2) is 5.03 Å². The maximum absolute atomic E-state index is 12.8. The number of nitrogens with one attached hydrogen (secondary N) is 1. The Morgan fingerprint density at radius 3 is 2.57 bits per heavy atom. The van der Waals surface area contributed by atoms with Crippen LogP contribution in [0.5, 0.6) is 0 Å². The molecular formula is C13H19N3O4S. The SMILES string of the molecule is CC(C)c1ncc(S(=O)(=O)N2CC3(C)CC2(C(=O)O)C3)[nH]1. The van der Waals surface area contributed by atoms with E-state index in [9.17, 15) is 18.3 Å². The van der Waals surface area contributed by atoms with Gasteiger partial charge in [-0.05, 0) is 18.3 Å². The molecule has 3 heterocycles. The Hall–Kier alpha value is -1.41. The third kappa shape index (κ3) is 1.85. The molecule has 1 aromatic heterocycles. The van der Waals surface area contributed by atoms with Crippen LogP contribution in [0.4, 0.5) is 0 Å². The summed E-state index contributed by atoms with van der Waals surface area (Å²) in [6, 6.07) is 0. The van der Waals surface area contributed by atoms with E-state index in [1.165, 1.54) is 6.20 Å². The molecule has 7 nitrogen and oxygen atoms in total. The van der Waals surface area contributed by atoms with E-state index in [1.54, 1.807) is 0 Å². The van der Waals surface area contributed by atoms with Crippen molar-refractivity contribution in [2.24, 2.45) is 5.41 Å². The number of carbonyl (C=O) groups is 1. The molecule has 21 heavy (non-hydrogen) atoms. The molecule has 2 saturated heterocycles. The van der Waals surface area contributed by atoms with Gasteiger partial charge in [-0.1, -0.05) is 20.8 Å². The molecule has 3 fully saturated rings. The van der Waals surface area contributed by atoms with E-state index < -0.39 is 21.5 Å². The van der Waals surface area contributed by atoms with Crippen molar-refractivity contribution in [3.05, 3.63) is 12.0 Å². The smallest absolute Gasteiger partial charge is 0.325 e. The lowest BCUT2D eigenvalue weighted by molar-refractivity contribution is -0.151. The van der Waals surface area contributed by atoms with E-state index in [2.05, 4.69) is 9.97 Å². The van der Waals surface area contributed by atoms with E-state index >= 15 is 0 Å². The number of H-pyrrole nitrogens is 1. The summed E-state index contributed by atoms with van der Waals surface area (Å²) in [5, 5.41) is 9.44. The van der Waals surface area contributed by atoms with Crippen LogP contribution in [0.15, 0.2) is 11.2 Å². The third-order valence-electron chi connectivity index (χ3n) is 4.53. The molecule has 0 unspecified atom stereocenters. The zero-order chi connectivity index (χ0) is 15.6. The predicted molar refractivity (Wildman–Crippen MR) is 74.3 cm³/mol. The van der Waals surface area contributed by atoms with Gasteiger partial charge in [-0.3, -0.25) is 4.79 Å². The summed E-state index contributed by atoms with van der Waals surface area (Å²) in [4.78, 5) is 18.4. The van der Waals surface area contributed by atoms with Gasteiger partial charge in [0.2, 0.25) is 0 Å². The summed E-state index contributed by atoms with van der Waals surface area (Å²) in [5.41, 5.74) is -1.51. The Kier molecular flexibility index (Phi) is 2.82. The van der Waals surface area contributed by atoms with Crippen LogP contribution in [-0.4, -0.2) is 45.9 Å². The van der Waals surface area contributed by atoms with Crippen LogP contribution in [0.2, 0.25) is 0 Å². The average molecular weight is 313 g/mol. The maximum Gasteiger partial charge on any atom is 0.325 e. The van der Waals surface area contributed by atoms with E-state index in [1.807, 2.05) is 20.8 Å².